The predicted molar refractivity (Wildman–Crippen MR) is 197 cm³/mol. The summed E-state index contributed by atoms with van der Waals surface area (Å²) < 4.78 is 82.8. The van der Waals surface area contributed by atoms with Gasteiger partial charge in [0.05, 0.1) is 25.9 Å². The molecule has 3 aliphatic rings. The SMILES string of the molecule is Cc1cn([C@H]2C[C@H](OP(=O)(O)OC[C@H]3O[C@@H](n4ccc(N)nc4=O)[C@H](O)[C@@H]3OP(=O)(O)OC[C@H]3O[C@@H](n4cc(C)c(=O)[nH]c4=O)C[C@@H]3O)[C@@H](COP(=O)(O)O)O2)c(=O)[nH]c1=O. The Hall–Kier alpha value is -3.83. The van der Waals surface area contributed by atoms with Crippen LogP contribution in [0.25, 0.3) is 0 Å². The van der Waals surface area contributed by atoms with Crippen LogP contribution in [0.3, 0.4) is 0 Å². The number of aromatic amines is 2. The third kappa shape index (κ3) is 11.2. The summed E-state index contributed by atoms with van der Waals surface area (Å²) in [4.78, 5) is 109. The number of nitrogen functional groups attached to an aromatic ring is 1. The predicted octanol–water partition coefficient (Wildman–Crippen LogP) is -3.15. The van der Waals surface area contributed by atoms with Crippen LogP contribution in [-0.4, -0.2) is 121 Å². The Morgan fingerprint density at radius 3 is 1.85 bits per heavy atom. The van der Waals surface area contributed by atoms with E-state index in [4.69, 9.17) is 38.0 Å². The molecular formula is C29H40N7O22P3. The summed E-state index contributed by atoms with van der Waals surface area (Å²) in [5, 5.41) is 21.8. The molecule has 2 unspecified atom stereocenters. The first-order chi connectivity index (χ1) is 28.4. The fraction of sp³-hybridized carbons (Fsp3) is 0.586. The first-order valence-electron chi connectivity index (χ1n) is 17.7. The molecule has 3 fully saturated rings. The second-order valence-corrected chi connectivity index (χ2v) is 17.9. The van der Waals surface area contributed by atoms with Gasteiger partial charge in [-0.25, -0.2) is 28.1 Å². The molecule has 0 amide bonds. The summed E-state index contributed by atoms with van der Waals surface area (Å²) in [7, 11) is -15.9. The molecular weight excluding hydrogens is 891 g/mol. The average molecular weight is 932 g/mol. The van der Waals surface area contributed by atoms with Gasteiger partial charge < -0.3 is 49.7 Å². The lowest BCUT2D eigenvalue weighted by Gasteiger charge is -2.25. The van der Waals surface area contributed by atoms with Crippen molar-refractivity contribution in [2.24, 2.45) is 0 Å². The summed E-state index contributed by atoms with van der Waals surface area (Å²) in [5.41, 5.74) is 1.49. The van der Waals surface area contributed by atoms with Crippen LogP contribution in [-0.2, 0) is 50.5 Å². The molecule has 0 aromatic carbocycles. The molecule has 29 nitrogen and oxygen atoms in total. The number of phosphoric ester groups is 3. The number of aromatic nitrogens is 6. The minimum absolute atomic E-state index is 0.0595. The Morgan fingerprint density at radius 1 is 0.754 bits per heavy atom. The van der Waals surface area contributed by atoms with E-state index in [1.165, 1.54) is 20.0 Å². The molecule has 12 atom stereocenters. The van der Waals surface area contributed by atoms with Crippen molar-refractivity contribution in [1.82, 2.24) is 28.7 Å². The van der Waals surface area contributed by atoms with Gasteiger partial charge in [0.25, 0.3) is 11.1 Å². The molecule has 3 aliphatic heterocycles. The van der Waals surface area contributed by atoms with Crippen LogP contribution >= 0.6 is 23.5 Å². The molecule has 6 heterocycles. The number of aryl methyl sites for hydroxylation is 2. The first kappa shape index (κ1) is 46.7. The Kier molecular flexibility index (Phi) is 13.9. The lowest BCUT2D eigenvalue weighted by Crippen LogP contribution is -2.38. The maximum absolute atomic E-state index is 13.4. The van der Waals surface area contributed by atoms with Crippen molar-refractivity contribution in [2.45, 2.75) is 88.1 Å². The quantitative estimate of drug-likeness (QED) is 0.0641. The largest absolute Gasteiger partial charge is 0.472 e. The van der Waals surface area contributed by atoms with Crippen molar-refractivity contribution in [2.75, 3.05) is 25.6 Å². The van der Waals surface area contributed by atoms with Gasteiger partial charge in [-0.1, -0.05) is 0 Å². The van der Waals surface area contributed by atoms with Gasteiger partial charge in [-0.05, 0) is 19.9 Å². The number of hydrogen-bond donors (Lipinski definition) is 9. The normalized spacial score (nSPS) is 30.0. The van der Waals surface area contributed by atoms with Gasteiger partial charge >= 0.3 is 40.5 Å². The molecule has 3 aromatic heterocycles. The maximum Gasteiger partial charge on any atom is 0.472 e. The van der Waals surface area contributed by atoms with E-state index in [0.717, 1.165) is 27.6 Å². The Morgan fingerprint density at radius 2 is 1.28 bits per heavy atom. The second kappa shape index (κ2) is 18.1. The fourth-order valence-corrected chi connectivity index (χ4v) is 8.76. The van der Waals surface area contributed by atoms with E-state index in [-0.39, 0.29) is 23.4 Å². The number of nitrogens with zero attached hydrogens (tertiary/aromatic N) is 4. The number of phosphoric acid groups is 3. The highest BCUT2D eigenvalue weighted by atomic mass is 31.2. The molecule has 0 aliphatic carbocycles. The number of aliphatic hydroxyl groups is 2. The summed E-state index contributed by atoms with van der Waals surface area (Å²) in [6.45, 7) is -0.118. The molecule has 0 spiro atoms. The zero-order valence-electron chi connectivity index (χ0n) is 31.5. The number of ether oxygens (including phenoxy) is 3. The smallest absolute Gasteiger partial charge is 0.390 e. The van der Waals surface area contributed by atoms with Gasteiger partial charge in [-0.15, -0.1) is 0 Å². The monoisotopic (exact) mass is 931 g/mol. The Bertz CT molecular complexity index is 2560. The van der Waals surface area contributed by atoms with E-state index in [1.807, 2.05) is 4.98 Å². The van der Waals surface area contributed by atoms with Crippen LogP contribution in [0, 0.1) is 13.8 Å². The van der Waals surface area contributed by atoms with Crippen molar-refractivity contribution in [3.05, 3.63) is 87.9 Å². The second-order valence-electron chi connectivity index (χ2n) is 13.9. The lowest BCUT2D eigenvalue weighted by atomic mass is 10.1. The van der Waals surface area contributed by atoms with Crippen LogP contribution in [0.4, 0.5) is 5.82 Å². The third-order valence-electron chi connectivity index (χ3n) is 9.47. The molecule has 61 heavy (non-hydrogen) atoms. The molecule has 338 valence electrons. The van der Waals surface area contributed by atoms with E-state index in [1.54, 1.807) is 0 Å². The number of hydrogen-bond acceptors (Lipinski definition) is 20. The Balaban J connectivity index is 1.17. The highest BCUT2D eigenvalue weighted by molar-refractivity contribution is 7.47. The van der Waals surface area contributed by atoms with E-state index in [9.17, 15) is 67.5 Å². The van der Waals surface area contributed by atoms with Gasteiger partial charge in [0, 0.05) is 42.6 Å². The molecule has 6 rings (SSSR count). The third-order valence-corrected chi connectivity index (χ3v) is 11.9. The highest BCUT2D eigenvalue weighted by Crippen LogP contribution is 2.52. The summed E-state index contributed by atoms with van der Waals surface area (Å²) >= 11 is 0. The van der Waals surface area contributed by atoms with Crippen molar-refractivity contribution in [1.29, 1.82) is 0 Å². The summed E-state index contributed by atoms with van der Waals surface area (Å²) in [5.74, 6) is -0.227. The lowest BCUT2D eigenvalue weighted by molar-refractivity contribution is -0.0629. The number of anilines is 1. The van der Waals surface area contributed by atoms with E-state index in [0.29, 0.717) is 4.57 Å². The van der Waals surface area contributed by atoms with Crippen LogP contribution in [0.1, 0.15) is 42.7 Å². The summed E-state index contributed by atoms with van der Waals surface area (Å²) in [6.07, 6.45) is -13.3. The number of nitrogens with one attached hydrogen (secondary N) is 2. The molecule has 32 heteroatoms. The van der Waals surface area contributed by atoms with Crippen LogP contribution in [0.15, 0.2) is 48.6 Å². The average Bonchev–Trinajstić information content (AvgIpc) is 3.82. The molecule has 3 aromatic rings. The van der Waals surface area contributed by atoms with Gasteiger partial charge in [0.15, 0.2) is 6.23 Å². The fourth-order valence-electron chi connectivity index (χ4n) is 6.49. The zero-order chi connectivity index (χ0) is 44.8. The van der Waals surface area contributed by atoms with E-state index in [2.05, 4.69) is 14.5 Å². The standard InChI is InChI=1S/C29H40N7O22P3/c1-12-7-35(28(42)32-24(12)39)20-5-14(37)16(54-20)9-52-61(49,50)58-23-18(56-26(22(23)38)34-4-3-19(30)31-27(34)41)11-53-60(47,48)57-15-6-21(55-17(15)10-51-59(44,45)46)36-8-13(2)25(40)33-29(36)43/h3-4,7-8,14-18,20-23,26,37-38H,5-6,9-11H2,1-2H3,(H,47,48)(H,49,50)(H2,30,31,41)(H,32,39,42)(H,33,40,43)(H2,44,45,46)/t14-,15-,16+,17+,18+,20+,21+,22+,23+,26+/m0/s1. The first-order valence-corrected chi connectivity index (χ1v) is 22.3. The number of rotatable bonds is 16. The van der Waals surface area contributed by atoms with E-state index < -0.39 is 139 Å². The van der Waals surface area contributed by atoms with Crippen LogP contribution < -0.4 is 33.9 Å². The highest BCUT2D eigenvalue weighted by Gasteiger charge is 2.51. The summed E-state index contributed by atoms with van der Waals surface area (Å²) in [6, 6.07) is 1.14. The van der Waals surface area contributed by atoms with Crippen molar-refractivity contribution < 1.29 is 80.3 Å². The van der Waals surface area contributed by atoms with Crippen LogP contribution in [0.2, 0.25) is 0 Å². The Labute approximate surface area is 339 Å². The maximum atomic E-state index is 13.4. The minimum atomic E-state index is -5.36. The molecule has 3 saturated heterocycles. The van der Waals surface area contributed by atoms with Gasteiger partial charge in [-0.3, -0.25) is 55.9 Å². The number of aliphatic hydroxyl groups excluding tert-OH is 2. The van der Waals surface area contributed by atoms with Crippen molar-refractivity contribution in [3.63, 3.8) is 0 Å². The molecule has 0 radical (unpaired) electrons. The van der Waals surface area contributed by atoms with Crippen molar-refractivity contribution in [3.8, 4) is 0 Å². The van der Waals surface area contributed by atoms with Gasteiger partial charge in [0.2, 0.25) is 0 Å². The van der Waals surface area contributed by atoms with E-state index >= 15 is 0 Å². The zero-order valence-corrected chi connectivity index (χ0v) is 34.2. The molecule has 0 bridgehead atoms. The topological polar surface area (TPSA) is 417 Å². The van der Waals surface area contributed by atoms with Gasteiger partial charge in [-0.2, -0.15) is 4.98 Å². The van der Waals surface area contributed by atoms with Gasteiger partial charge in [0.1, 0.15) is 54.9 Å². The van der Waals surface area contributed by atoms with Crippen LogP contribution in [0.5, 0.6) is 0 Å². The number of nitrogens with two attached hydrogens (primary N) is 1. The molecule has 10 N–H and O–H groups in total. The minimum Gasteiger partial charge on any atom is -0.390 e. The van der Waals surface area contributed by atoms with Crippen molar-refractivity contribution >= 4 is 29.3 Å². The number of H-pyrrole nitrogens is 2. The molecule has 0 saturated carbocycles.